The van der Waals surface area contributed by atoms with Crippen molar-refractivity contribution in [3.63, 3.8) is 0 Å². The molecule has 7 nitrogen and oxygen atoms in total. The number of nitrogens with zero attached hydrogens (tertiary/aromatic N) is 3. The van der Waals surface area contributed by atoms with Gasteiger partial charge in [0, 0.05) is 24.4 Å². The van der Waals surface area contributed by atoms with E-state index in [0.717, 1.165) is 6.42 Å². The molecule has 128 valence electrons. The van der Waals surface area contributed by atoms with Gasteiger partial charge in [-0.25, -0.2) is 4.68 Å². The van der Waals surface area contributed by atoms with Gasteiger partial charge >= 0.3 is 0 Å². The Bertz CT molecular complexity index is 872. The van der Waals surface area contributed by atoms with E-state index in [-0.39, 0.29) is 17.6 Å². The van der Waals surface area contributed by atoms with E-state index in [0.29, 0.717) is 11.4 Å². The number of nitro benzene ring substituents is 1. The van der Waals surface area contributed by atoms with Gasteiger partial charge in [-0.15, -0.1) is 0 Å². The van der Waals surface area contributed by atoms with Crippen LogP contribution in [0.5, 0.6) is 0 Å². The van der Waals surface area contributed by atoms with Crippen LogP contribution >= 0.6 is 11.3 Å². The summed E-state index contributed by atoms with van der Waals surface area (Å²) >= 11 is 1.63. The molecule has 1 aromatic carbocycles. The van der Waals surface area contributed by atoms with Gasteiger partial charge in [0.25, 0.3) is 11.6 Å². The molecule has 25 heavy (non-hydrogen) atoms. The van der Waals surface area contributed by atoms with Crippen LogP contribution in [-0.2, 0) is 6.42 Å². The molecule has 0 spiro atoms. The highest BCUT2D eigenvalue weighted by Crippen LogP contribution is 2.15. The number of hydrogen-bond donors (Lipinski definition) is 1. The maximum atomic E-state index is 12.3. The number of non-ortho nitro benzene ring substituents is 1. The zero-order valence-electron chi connectivity index (χ0n) is 13.5. The van der Waals surface area contributed by atoms with Gasteiger partial charge in [0.2, 0.25) is 0 Å². The average Bonchev–Trinajstić information content (AvgIpc) is 3.26. The Labute approximate surface area is 148 Å². The summed E-state index contributed by atoms with van der Waals surface area (Å²) < 4.78 is 1.52. The molecule has 1 unspecified atom stereocenters. The van der Waals surface area contributed by atoms with Crippen molar-refractivity contribution in [1.29, 1.82) is 0 Å². The SMILES string of the molecule is CC(Cc1ccsc1)NC(=O)c1ccn(-c2ccc([N+](=O)[O-])cc2)n1. The molecule has 0 aliphatic carbocycles. The van der Waals surface area contributed by atoms with Gasteiger partial charge < -0.3 is 5.32 Å². The summed E-state index contributed by atoms with van der Waals surface area (Å²) in [5, 5.41) is 21.9. The second kappa shape index (κ2) is 7.27. The summed E-state index contributed by atoms with van der Waals surface area (Å²) in [6.45, 7) is 1.95. The van der Waals surface area contributed by atoms with E-state index in [4.69, 9.17) is 0 Å². The van der Waals surface area contributed by atoms with E-state index in [1.807, 2.05) is 18.4 Å². The summed E-state index contributed by atoms with van der Waals surface area (Å²) in [4.78, 5) is 22.5. The van der Waals surface area contributed by atoms with E-state index in [2.05, 4.69) is 15.8 Å². The van der Waals surface area contributed by atoms with Crippen molar-refractivity contribution >= 4 is 22.9 Å². The molecule has 3 rings (SSSR count). The smallest absolute Gasteiger partial charge is 0.272 e. The Hall–Kier alpha value is -3.00. The van der Waals surface area contributed by atoms with Gasteiger partial charge in [0.1, 0.15) is 0 Å². The van der Waals surface area contributed by atoms with Crippen LogP contribution in [0.1, 0.15) is 23.0 Å². The number of amides is 1. The fourth-order valence-electron chi connectivity index (χ4n) is 2.43. The first-order chi connectivity index (χ1) is 12.0. The zero-order valence-corrected chi connectivity index (χ0v) is 14.3. The monoisotopic (exact) mass is 356 g/mol. The number of thiophene rings is 1. The van der Waals surface area contributed by atoms with Crippen LogP contribution in [0, 0.1) is 10.1 Å². The van der Waals surface area contributed by atoms with Gasteiger partial charge in [-0.05, 0) is 53.9 Å². The number of aromatic nitrogens is 2. The molecular weight excluding hydrogens is 340 g/mol. The highest BCUT2D eigenvalue weighted by Gasteiger charge is 2.14. The van der Waals surface area contributed by atoms with Crippen molar-refractivity contribution in [2.45, 2.75) is 19.4 Å². The number of hydrogen-bond acceptors (Lipinski definition) is 5. The highest BCUT2D eigenvalue weighted by atomic mass is 32.1. The lowest BCUT2D eigenvalue weighted by Crippen LogP contribution is -2.34. The van der Waals surface area contributed by atoms with Gasteiger partial charge in [0.05, 0.1) is 10.6 Å². The van der Waals surface area contributed by atoms with Crippen molar-refractivity contribution < 1.29 is 9.72 Å². The second-order valence-electron chi connectivity index (χ2n) is 5.63. The van der Waals surface area contributed by atoms with Crippen LogP contribution in [0.2, 0.25) is 0 Å². The molecule has 0 bridgehead atoms. The molecule has 1 atom stereocenters. The maximum absolute atomic E-state index is 12.3. The first-order valence-corrected chi connectivity index (χ1v) is 8.59. The van der Waals surface area contributed by atoms with Crippen molar-refractivity contribution in [3.8, 4) is 5.69 Å². The second-order valence-corrected chi connectivity index (χ2v) is 6.41. The van der Waals surface area contributed by atoms with Crippen LogP contribution in [0.25, 0.3) is 5.69 Å². The third-order valence-corrected chi connectivity index (χ3v) is 4.38. The molecule has 0 saturated carbocycles. The largest absolute Gasteiger partial charge is 0.348 e. The van der Waals surface area contributed by atoms with Gasteiger partial charge in [-0.2, -0.15) is 16.4 Å². The minimum absolute atomic E-state index is 0.00775. The lowest BCUT2D eigenvalue weighted by atomic mass is 10.1. The fraction of sp³-hybridized carbons (Fsp3) is 0.176. The van der Waals surface area contributed by atoms with Gasteiger partial charge in [-0.1, -0.05) is 0 Å². The quantitative estimate of drug-likeness (QED) is 0.542. The van der Waals surface area contributed by atoms with Crippen molar-refractivity contribution in [2.75, 3.05) is 0 Å². The summed E-state index contributed by atoms with van der Waals surface area (Å²) in [5.74, 6) is -0.247. The minimum atomic E-state index is -0.458. The van der Waals surface area contributed by atoms with Crippen LogP contribution in [-0.4, -0.2) is 26.7 Å². The van der Waals surface area contributed by atoms with Gasteiger partial charge in [-0.3, -0.25) is 14.9 Å². The molecule has 1 amide bonds. The number of carbonyl (C=O) groups is 1. The molecule has 0 aliphatic heterocycles. The fourth-order valence-corrected chi connectivity index (χ4v) is 3.11. The number of nitro groups is 1. The van der Waals surface area contributed by atoms with E-state index < -0.39 is 4.92 Å². The molecule has 2 aromatic heterocycles. The normalized spacial score (nSPS) is 11.9. The summed E-state index contributed by atoms with van der Waals surface area (Å²) in [7, 11) is 0. The van der Waals surface area contributed by atoms with Crippen molar-refractivity contribution in [3.05, 3.63) is 74.7 Å². The Balaban J connectivity index is 1.65. The van der Waals surface area contributed by atoms with Gasteiger partial charge in [0.15, 0.2) is 5.69 Å². The van der Waals surface area contributed by atoms with Crippen LogP contribution in [0.15, 0.2) is 53.4 Å². The summed E-state index contributed by atoms with van der Waals surface area (Å²) in [5.41, 5.74) is 2.15. The first-order valence-electron chi connectivity index (χ1n) is 7.65. The Morgan fingerprint density at radius 2 is 2.08 bits per heavy atom. The molecule has 0 fully saturated rings. The third-order valence-electron chi connectivity index (χ3n) is 3.65. The summed E-state index contributed by atoms with van der Waals surface area (Å²) in [6.07, 6.45) is 2.41. The molecule has 0 saturated heterocycles. The molecular formula is C17H16N4O3S. The Morgan fingerprint density at radius 1 is 1.32 bits per heavy atom. The number of rotatable bonds is 6. The third kappa shape index (κ3) is 4.10. The standard InChI is InChI=1S/C17H16N4O3S/c1-12(10-13-7-9-25-11-13)18-17(22)16-6-8-20(19-16)14-2-4-15(5-3-14)21(23)24/h2-9,11-12H,10H2,1H3,(H,18,22). The lowest BCUT2D eigenvalue weighted by molar-refractivity contribution is -0.384. The molecule has 0 radical (unpaired) electrons. The van der Waals surface area contributed by atoms with Crippen LogP contribution < -0.4 is 5.32 Å². The minimum Gasteiger partial charge on any atom is -0.348 e. The highest BCUT2D eigenvalue weighted by molar-refractivity contribution is 7.07. The van der Waals surface area contributed by atoms with E-state index in [1.165, 1.54) is 22.4 Å². The molecule has 1 N–H and O–H groups in total. The first kappa shape index (κ1) is 16.8. The van der Waals surface area contributed by atoms with Crippen LogP contribution in [0.4, 0.5) is 5.69 Å². The van der Waals surface area contributed by atoms with E-state index in [1.54, 1.807) is 35.7 Å². The van der Waals surface area contributed by atoms with Crippen molar-refractivity contribution in [2.24, 2.45) is 0 Å². The zero-order chi connectivity index (χ0) is 17.8. The van der Waals surface area contributed by atoms with Crippen LogP contribution in [0.3, 0.4) is 0 Å². The maximum Gasteiger partial charge on any atom is 0.272 e. The average molecular weight is 356 g/mol. The number of benzene rings is 1. The Kier molecular flexibility index (Phi) is 4.90. The molecule has 8 heteroatoms. The van der Waals surface area contributed by atoms with E-state index >= 15 is 0 Å². The van der Waals surface area contributed by atoms with Crippen molar-refractivity contribution in [1.82, 2.24) is 15.1 Å². The number of carbonyl (C=O) groups excluding carboxylic acids is 1. The lowest BCUT2D eigenvalue weighted by Gasteiger charge is -2.11. The Morgan fingerprint density at radius 3 is 2.72 bits per heavy atom. The molecule has 0 aliphatic rings. The predicted molar refractivity (Wildman–Crippen MR) is 95.2 cm³/mol. The predicted octanol–water partition coefficient (Wildman–Crippen LogP) is 3.20. The number of nitrogens with one attached hydrogen (secondary N) is 1. The van der Waals surface area contributed by atoms with E-state index in [9.17, 15) is 14.9 Å². The molecule has 3 aromatic rings. The molecule has 2 heterocycles. The summed E-state index contributed by atoms with van der Waals surface area (Å²) in [6, 6.07) is 9.63. The topological polar surface area (TPSA) is 90.1 Å².